The minimum absolute atomic E-state index is 0.0616. The van der Waals surface area contributed by atoms with E-state index in [-0.39, 0.29) is 16.2 Å². The average molecular weight is 1280 g/mol. The van der Waals surface area contributed by atoms with Crippen molar-refractivity contribution in [2.45, 2.75) is 95.3 Å². The molecule has 480 valence electrons. The molecule has 1 heteroatoms. The SMILES string of the molecule is Cc1ccc2c(c1)C1(c3ccc(N(c4ccccc4)c4ccccc4)cc3)CC=Cc3c(C)ccc-2c31.Cc1ccc2c(c1)C1c3c-2ccc(C)c3C=CC12c1ccccc1-c1ccccc12.Cc1ccc2c3c1C=C(c1ccccc1)CC31CC(c3ccccc3)Cc3c(C)ccc-2c31. The van der Waals surface area contributed by atoms with Crippen molar-refractivity contribution in [3.05, 3.63) is 408 Å². The number of nitrogens with zero attached hydrogens (tertiary/aromatic N) is 1. The summed E-state index contributed by atoms with van der Waals surface area (Å²) in [6, 6.07) is 104. The molecule has 0 radical (unpaired) electrons. The summed E-state index contributed by atoms with van der Waals surface area (Å²) < 4.78 is 0. The zero-order valence-corrected chi connectivity index (χ0v) is 57.9. The summed E-state index contributed by atoms with van der Waals surface area (Å²) >= 11 is 0. The molecule has 0 aromatic heterocycles. The standard InChI is InChI=1S/C36H29N.C33H28.C30H22/c1-25-15-21-32-33-22-16-26(2)31-14-9-23-36(35(31)33,34(32)24-25)27-17-19-30(20-18-27)37(28-10-5-3-6-11-28)29-12-7-4-8-13-29;1-21-13-15-27-28-16-14-22(2)30-18-26(24-11-7-4-8-12-24)20-33(32(28)30)19-25(17-29(21)31(27)33)23-9-5-3-6-10-23;1-18-11-13-21-24-14-12-19(2)20-15-16-30(29(28(20)24)25(21)17-18)26-9-5-3-7-22(26)23-8-4-6-10-27(23)30/h3-22,24H,23H2,1-2H3;3-17,26H,18-20H2,1-2H3;3-17,29H,1-2H3. The molecule has 13 aromatic rings. The molecule has 0 aliphatic heterocycles. The van der Waals surface area contributed by atoms with Gasteiger partial charge in [0.1, 0.15) is 0 Å². The van der Waals surface area contributed by atoms with E-state index < -0.39 is 0 Å². The van der Waals surface area contributed by atoms with E-state index in [0.717, 1.165) is 36.3 Å². The number of para-hydroxylation sites is 2. The Morgan fingerprint density at radius 2 is 0.910 bits per heavy atom. The Kier molecular flexibility index (Phi) is 13.8. The highest BCUT2D eigenvalue weighted by atomic mass is 15.1. The van der Waals surface area contributed by atoms with Crippen LogP contribution in [0.3, 0.4) is 0 Å². The van der Waals surface area contributed by atoms with Crippen LogP contribution in [0, 0.1) is 41.5 Å². The van der Waals surface area contributed by atoms with Crippen molar-refractivity contribution < 1.29 is 0 Å². The van der Waals surface area contributed by atoms with Gasteiger partial charge in [0.2, 0.25) is 0 Å². The lowest BCUT2D eigenvalue weighted by atomic mass is 9.58. The Hall–Kier alpha value is -11.1. The quantitative estimate of drug-likeness (QED) is 0.160. The molecule has 4 unspecified atom stereocenters. The van der Waals surface area contributed by atoms with Crippen molar-refractivity contribution >= 4 is 40.9 Å². The highest BCUT2D eigenvalue weighted by Gasteiger charge is 2.55. The van der Waals surface area contributed by atoms with E-state index >= 15 is 0 Å². The van der Waals surface area contributed by atoms with E-state index in [1.54, 1.807) is 16.7 Å². The molecular formula is C99H79N. The van der Waals surface area contributed by atoms with E-state index in [1.807, 2.05) is 0 Å². The van der Waals surface area contributed by atoms with Crippen molar-refractivity contribution in [2.24, 2.45) is 0 Å². The smallest absolute Gasteiger partial charge is 0.0507 e. The minimum Gasteiger partial charge on any atom is -0.311 e. The van der Waals surface area contributed by atoms with E-state index in [1.165, 1.54) is 157 Å². The molecule has 2 spiro atoms. The van der Waals surface area contributed by atoms with Crippen molar-refractivity contribution in [2.75, 3.05) is 4.90 Å². The van der Waals surface area contributed by atoms with Crippen LogP contribution in [0.4, 0.5) is 17.1 Å². The van der Waals surface area contributed by atoms with Gasteiger partial charge in [0.15, 0.2) is 0 Å². The van der Waals surface area contributed by atoms with Gasteiger partial charge in [0.05, 0.1) is 10.8 Å². The van der Waals surface area contributed by atoms with Crippen LogP contribution in [-0.2, 0) is 22.7 Å². The van der Waals surface area contributed by atoms with Gasteiger partial charge in [-0.2, -0.15) is 0 Å². The maximum absolute atomic E-state index is 2.51. The first-order valence-electron chi connectivity index (χ1n) is 36.2. The summed E-state index contributed by atoms with van der Waals surface area (Å²) in [4.78, 5) is 2.33. The van der Waals surface area contributed by atoms with Crippen molar-refractivity contribution in [1.29, 1.82) is 0 Å². The zero-order chi connectivity index (χ0) is 67.2. The Bertz CT molecular complexity index is 5520. The molecule has 8 aliphatic rings. The number of aryl methyl sites for hydroxylation is 6. The lowest BCUT2D eigenvalue weighted by molar-refractivity contribution is 0.401. The number of rotatable bonds is 6. The fraction of sp³-hybridized carbons (Fsp3) is 0.152. The first-order valence-corrected chi connectivity index (χ1v) is 36.2. The number of benzene rings is 13. The normalized spacial score (nSPS) is 18.9. The second kappa shape index (κ2) is 23.0. The molecule has 0 N–H and O–H groups in total. The second-order valence-corrected chi connectivity index (χ2v) is 29.7. The molecule has 0 saturated heterocycles. The van der Waals surface area contributed by atoms with Gasteiger partial charge in [-0.1, -0.05) is 284 Å². The van der Waals surface area contributed by atoms with Crippen LogP contribution < -0.4 is 4.90 Å². The summed E-state index contributed by atoms with van der Waals surface area (Å²) in [5, 5.41) is 0. The molecule has 13 aromatic carbocycles. The van der Waals surface area contributed by atoms with Gasteiger partial charge < -0.3 is 4.90 Å². The van der Waals surface area contributed by atoms with E-state index in [0.29, 0.717) is 11.8 Å². The van der Waals surface area contributed by atoms with Gasteiger partial charge in [-0.3, -0.25) is 0 Å². The Balaban J connectivity index is 0.000000105. The van der Waals surface area contributed by atoms with Crippen LogP contribution >= 0.6 is 0 Å². The van der Waals surface area contributed by atoms with Crippen LogP contribution in [0.25, 0.3) is 68.3 Å². The Morgan fingerprint density at radius 1 is 0.390 bits per heavy atom. The van der Waals surface area contributed by atoms with Gasteiger partial charge in [0, 0.05) is 28.4 Å². The predicted octanol–water partition coefficient (Wildman–Crippen LogP) is 25.2. The Morgan fingerprint density at radius 3 is 1.58 bits per heavy atom. The number of hydrogen-bond acceptors (Lipinski definition) is 1. The minimum atomic E-state index is -0.157. The molecule has 0 bridgehead atoms. The number of allylic oxidation sites excluding steroid dienone is 3. The summed E-state index contributed by atoms with van der Waals surface area (Å²) in [5.41, 5.74) is 46.4. The maximum Gasteiger partial charge on any atom is 0.0507 e. The molecule has 100 heavy (non-hydrogen) atoms. The van der Waals surface area contributed by atoms with Crippen molar-refractivity contribution in [3.8, 4) is 44.5 Å². The lowest BCUT2D eigenvalue weighted by Crippen LogP contribution is -2.36. The van der Waals surface area contributed by atoms with Gasteiger partial charge in [0.25, 0.3) is 0 Å². The first-order chi connectivity index (χ1) is 49.0. The number of fused-ring (bicyclic) bond motifs is 13. The molecule has 0 heterocycles. The van der Waals surface area contributed by atoms with Crippen molar-refractivity contribution in [3.63, 3.8) is 0 Å². The number of anilines is 3. The van der Waals surface area contributed by atoms with Crippen LogP contribution in [0.1, 0.15) is 148 Å². The molecule has 4 atom stereocenters. The Labute approximate surface area is 589 Å². The van der Waals surface area contributed by atoms with Crippen LogP contribution in [-0.4, -0.2) is 0 Å². The fourth-order valence-corrected chi connectivity index (χ4v) is 20.0. The summed E-state index contributed by atoms with van der Waals surface area (Å²) in [7, 11) is 0. The molecule has 1 nitrogen and oxygen atoms in total. The van der Waals surface area contributed by atoms with Crippen LogP contribution in [0.5, 0.6) is 0 Å². The molecule has 0 saturated carbocycles. The highest BCUT2D eigenvalue weighted by Crippen LogP contribution is 2.67. The largest absolute Gasteiger partial charge is 0.311 e. The molecule has 21 rings (SSSR count). The van der Waals surface area contributed by atoms with E-state index in [2.05, 4.69) is 356 Å². The van der Waals surface area contributed by atoms with Crippen molar-refractivity contribution in [1.82, 2.24) is 0 Å². The van der Waals surface area contributed by atoms with Gasteiger partial charge in [-0.25, -0.2) is 0 Å². The summed E-state index contributed by atoms with van der Waals surface area (Å²) in [6.07, 6.45) is 16.5. The second-order valence-electron chi connectivity index (χ2n) is 29.7. The van der Waals surface area contributed by atoms with Crippen LogP contribution in [0.2, 0.25) is 0 Å². The topological polar surface area (TPSA) is 3.24 Å². The highest BCUT2D eigenvalue weighted by molar-refractivity contribution is 5.98. The lowest BCUT2D eigenvalue weighted by Gasteiger charge is -2.45. The summed E-state index contributed by atoms with van der Waals surface area (Å²) in [5.74, 6) is 0.856. The van der Waals surface area contributed by atoms with Gasteiger partial charge in [-0.15, -0.1) is 0 Å². The third-order valence-electron chi connectivity index (χ3n) is 24.3. The monoisotopic (exact) mass is 1280 g/mol. The van der Waals surface area contributed by atoms with E-state index in [9.17, 15) is 0 Å². The maximum atomic E-state index is 2.51. The third kappa shape index (κ3) is 8.80. The molecule has 8 aliphatic carbocycles. The third-order valence-corrected chi connectivity index (χ3v) is 24.3. The molecule has 0 amide bonds. The van der Waals surface area contributed by atoms with E-state index in [4.69, 9.17) is 0 Å². The summed E-state index contributed by atoms with van der Waals surface area (Å²) in [6.45, 7) is 13.5. The fourth-order valence-electron chi connectivity index (χ4n) is 20.0. The first kappa shape index (κ1) is 60.1. The zero-order valence-electron chi connectivity index (χ0n) is 57.9. The molecule has 0 fully saturated rings. The van der Waals surface area contributed by atoms with Crippen LogP contribution in [0.15, 0.2) is 291 Å². The van der Waals surface area contributed by atoms with Gasteiger partial charge in [-0.05, 0) is 265 Å². The van der Waals surface area contributed by atoms with Gasteiger partial charge >= 0.3 is 0 Å². The predicted molar refractivity (Wildman–Crippen MR) is 419 cm³/mol. The average Bonchev–Trinajstić information content (AvgIpc) is 1.54. The molecular weight excluding hydrogens is 1200 g/mol. The number of hydrogen-bond donors (Lipinski definition) is 0.